The predicted octanol–water partition coefficient (Wildman–Crippen LogP) is 1.84. The second-order valence-electron chi connectivity index (χ2n) is 9.92. The van der Waals surface area contributed by atoms with Gasteiger partial charge in [0.25, 0.3) is 0 Å². The highest BCUT2D eigenvalue weighted by Crippen LogP contribution is 2.11. The molecular weight excluding hydrogens is 448 g/mol. The van der Waals surface area contributed by atoms with Crippen LogP contribution in [0, 0.1) is 17.8 Å². The van der Waals surface area contributed by atoms with Crippen molar-refractivity contribution in [1.82, 2.24) is 16.0 Å². The SMILES string of the molecule is CCC(C)C(NC(=O)C(Cc1ccccc1)NC(=O)C(CC(C)C)NC(=O)C(N)C(C)C)C(=O)O. The van der Waals surface area contributed by atoms with Crippen molar-refractivity contribution in [2.24, 2.45) is 23.5 Å². The standard InChI is InChI=1S/C26H42N4O5/c1-7-17(6)22(26(34)35)30-24(32)20(14-18-11-9-8-10-12-18)28-23(31)19(13-15(2)3)29-25(33)21(27)16(4)5/h8-12,15-17,19-22H,7,13-14,27H2,1-6H3,(H,28,31)(H,29,33)(H,30,32)(H,34,35). The molecular formula is C26H42N4O5. The third-order valence-electron chi connectivity index (χ3n) is 6.05. The maximum atomic E-state index is 13.3. The van der Waals surface area contributed by atoms with E-state index in [9.17, 15) is 24.3 Å². The van der Waals surface area contributed by atoms with E-state index >= 15 is 0 Å². The highest BCUT2D eigenvalue weighted by Gasteiger charge is 2.32. The summed E-state index contributed by atoms with van der Waals surface area (Å²) in [5.74, 6) is -3.00. The van der Waals surface area contributed by atoms with Crippen molar-refractivity contribution < 1.29 is 24.3 Å². The van der Waals surface area contributed by atoms with Crippen molar-refractivity contribution in [2.45, 2.75) is 85.0 Å². The van der Waals surface area contributed by atoms with Gasteiger partial charge in [0.05, 0.1) is 6.04 Å². The van der Waals surface area contributed by atoms with Crippen LogP contribution in [0.3, 0.4) is 0 Å². The first-order valence-electron chi connectivity index (χ1n) is 12.3. The summed E-state index contributed by atoms with van der Waals surface area (Å²) in [5.41, 5.74) is 6.75. The lowest BCUT2D eigenvalue weighted by atomic mass is 9.97. The molecule has 1 aromatic carbocycles. The van der Waals surface area contributed by atoms with Crippen LogP contribution in [0.5, 0.6) is 0 Å². The van der Waals surface area contributed by atoms with Crippen molar-refractivity contribution >= 4 is 23.7 Å². The maximum Gasteiger partial charge on any atom is 0.326 e. The Labute approximate surface area is 208 Å². The summed E-state index contributed by atoms with van der Waals surface area (Å²) in [6.45, 7) is 11.1. The lowest BCUT2D eigenvalue weighted by Crippen LogP contribution is -2.58. The molecule has 0 saturated carbocycles. The van der Waals surface area contributed by atoms with E-state index in [1.807, 2.05) is 65.0 Å². The molecule has 0 aliphatic carbocycles. The van der Waals surface area contributed by atoms with Crippen LogP contribution in [-0.2, 0) is 25.6 Å². The van der Waals surface area contributed by atoms with Crippen molar-refractivity contribution in [3.8, 4) is 0 Å². The number of carboxylic acids is 1. The molecule has 0 aliphatic heterocycles. The number of rotatable bonds is 14. The molecule has 5 unspecified atom stereocenters. The topological polar surface area (TPSA) is 151 Å². The van der Waals surface area contributed by atoms with Crippen LogP contribution in [0.4, 0.5) is 0 Å². The first-order valence-corrected chi connectivity index (χ1v) is 12.3. The van der Waals surface area contributed by atoms with Gasteiger partial charge in [-0.3, -0.25) is 14.4 Å². The Morgan fingerprint density at radius 1 is 0.857 bits per heavy atom. The average molecular weight is 491 g/mol. The van der Waals surface area contributed by atoms with E-state index in [-0.39, 0.29) is 24.2 Å². The Hall–Kier alpha value is -2.94. The van der Waals surface area contributed by atoms with Gasteiger partial charge in [-0.1, -0.05) is 78.3 Å². The summed E-state index contributed by atoms with van der Waals surface area (Å²) in [6, 6.07) is 5.36. The molecule has 0 fully saturated rings. The highest BCUT2D eigenvalue weighted by molar-refractivity contribution is 5.94. The molecule has 9 nitrogen and oxygen atoms in total. The number of aliphatic carboxylic acids is 1. The van der Waals surface area contributed by atoms with E-state index in [4.69, 9.17) is 5.73 Å². The Morgan fingerprint density at radius 2 is 1.40 bits per heavy atom. The molecule has 5 atom stereocenters. The molecule has 0 radical (unpaired) electrons. The molecule has 35 heavy (non-hydrogen) atoms. The van der Waals surface area contributed by atoms with Gasteiger partial charge in [0.1, 0.15) is 18.1 Å². The summed E-state index contributed by atoms with van der Waals surface area (Å²) >= 11 is 0. The zero-order valence-electron chi connectivity index (χ0n) is 21.7. The van der Waals surface area contributed by atoms with Crippen molar-refractivity contribution in [3.63, 3.8) is 0 Å². The first kappa shape index (κ1) is 30.1. The van der Waals surface area contributed by atoms with Gasteiger partial charge in [-0.05, 0) is 29.7 Å². The fourth-order valence-corrected chi connectivity index (χ4v) is 3.54. The van der Waals surface area contributed by atoms with E-state index in [0.29, 0.717) is 12.8 Å². The predicted molar refractivity (Wildman–Crippen MR) is 135 cm³/mol. The third-order valence-corrected chi connectivity index (χ3v) is 6.05. The number of hydrogen-bond acceptors (Lipinski definition) is 5. The van der Waals surface area contributed by atoms with Gasteiger partial charge < -0.3 is 26.8 Å². The van der Waals surface area contributed by atoms with Crippen LogP contribution in [0.2, 0.25) is 0 Å². The van der Waals surface area contributed by atoms with Gasteiger partial charge >= 0.3 is 5.97 Å². The lowest BCUT2D eigenvalue weighted by molar-refractivity contribution is -0.143. The number of carbonyl (C=O) groups excluding carboxylic acids is 3. The van der Waals surface area contributed by atoms with E-state index in [0.717, 1.165) is 5.56 Å². The Balaban J connectivity index is 3.15. The molecule has 0 bridgehead atoms. The average Bonchev–Trinajstić information content (AvgIpc) is 2.80. The van der Waals surface area contributed by atoms with E-state index < -0.39 is 47.9 Å². The van der Waals surface area contributed by atoms with Crippen molar-refractivity contribution in [3.05, 3.63) is 35.9 Å². The lowest BCUT2D eigenvalue weighted by Gasteiger charge is -2.27. The molecule has 6 N–H and O–H groups in total. The number of amides is 3. The van der Waals surface area contributed by atoms with Crippen LogP contribution in [0.15, 0.2) is 30.3 Å². The fourth-order valence-electron chi connectivity index (χ4n) is 3.54. The largest absolute Gasteiger partial charge is 0.480 e. The summed E-state index contributed by atoms with van der Waals surface area (Å²) in [7, 11) is 0. The summed E-state index contributed by atoms with van der Waals surface area (Å²) in [4.78, 5) is 50.8. The van der Waals surface area contributed by atoms with Crippen LogP contribution < -0.4 is 21.7 Å². The van der Waals surface area contributed by atoms with Gasteiger partial charge in [0.2, 0.25) is 17.7 Å². The molecule has 1 aromatic rings. The number of hydrogen-bond donors (Lipinski definition) is 5. The fraction of sp³-hybridized carbons (Fsp3) is 0.615. The molecule has 196 valence electrons. The van der Waals surface area contributed by atoms with Gasteiger partial charge in [-0.2, -0.15) is 0 Å². The zero-order chi connectivity index (χ0) is 26.7. The number of nitrogens with two attached hydrogens (primary N) is 1. The van der Waals surface area contributed by atoms with Crippen LogP contribution >= 0.6 is 0 Å². The zero-order valence-corrected chi connectivity index (χ0v) is 21.7. The minimum atomic E-state index is -1.13. The van der Waals surface area contributed by atoms with Crippen LogP contribution in [-0.4, -0.2) is 53.0 Å². The van der Waals surface area contributed by atoms with Gasteiger partial charge in [0.15, 0.2) is 0 Å². The number of carbonyl (C=O) groups is 4. The number of benzene rings is 1. The van der Waals surface area contributed by atoms with Crippen LogP contribution in [0.1, 0.15) is 59.9 Å². The van der Waals surface area contributed by atoms with Crippen LogP contribution in [0.25, 0.3) is 0 Å². The summed E-state index contributed by atoms with van der Waals surface area (Å²) < 4.78 is 0. The molecule has 1 rings (SSSR count). The second kappa shape index (κ2) is 14.5. The normalized spacial score (nSPS) is 15.6. The quantitative estimate of drug-likeness (QED) is 0.268. The minimum Gasteiger partial charge on any atom is -0.480 e. The number of carboxylic acid groups (broad SMARTS) is 1. The monoisotopic (exact) mass is 490 g/mol. The van der Waals surface area contributed by atoms with E-state index in [1.165, 1.54) is 0 Å². The van der Waals surface area contributed by atoms with E-state index in [2.05, 4.69) is 16.0 Å². The minimum absolute atomic E-state index is 0.0875. The smallest absolute Gasteiger partial charge is 0.326 e. The van der Waals surface area contributed by atoms with Gasteiger partial charge in [-0.15, -0.1) is 0 Å². The summed E-state index contributed by atoms with van der Waals surface area (Å²) in [6.07, 6.45) is 1.08. The first-order chi connectivity index (χ1) is 16.4. The third kappa shape index (κ3) is 10.1. The number of nitrogens with one attached hydrogen (secondary N) is 3. The Bertz CT molecular complexity index is 843. The Morgan fingerprint density at radius 3 is 1.89 bits per heavy atom. The summed E-state index contributed by atoms with van der Waals surface area (Å²) in [5, 5.41) is 17.7. The van der Waals surface area contributed by atoms with Crippen molar-refractivity contribution in [2.75, 3.05) is 0 Å². The van der Waals surface area contributed by atoms with Gasteiger partial charge in [0, 0.05) is 6.42 Å². The van der Waals surface area contributed by atoms with Gasteiger partial charge in [-0.25, -0.2) is 4.79 Å². The maximum absolute atomic E-state index is 13.3. The molecule has 0 aromatic heterocycles. The highest BCUT2D eigenvalue weighted by atomic mass is 16.4. The van der Waals surface area contributed by atoms with E-state index in [1.54, 1.807) is 6.92 Å². The Kier molecular flexibility index (Phi) is 12.4. The molecule has 0 aliphatic rings. The molecule has 3 amide bonds. The second-order valence-corrected chi connectivity index (χ2v) is 9.92. The molecule has 0 saturated heterocycles. The van der Waals surface area contributed by atoms with Crippen molar-refractivity contribution in [1.29, 1.82) is 0 Å². The molecule has 9 heteroatoms. The molecule has 0 heterocycles. The molecule has 0 spiro atoms.